The predicted molar refractivity (Wildman–Crippen MR) is 259 cm³/mol. The van der Waals surface area contributed by atoms with Crippen molar-refractivity contribution in [3.05, 3.63) is 35.7 Å². The Morgan fingerprint density at radius 1 is 0.855 bits per heavy atom. The van der Waals surface area contributed by atoms with Crippen LogP contribution in [0.15, 0.2) is 30.0 Å². The third kappa shape index (κ3) is 18.4. The number of hydrogen-bond acceptors (Lipinski definition) is 18. The van der Waals surface area contributed by atoms with E-state index in [-0.39, 0.29) is 25.2 Å². The van der Waals surface area contributed by atoms with Gasteiger partial charge in [-0.1, -0.05) is 66.2 Å². The summed E-state index contributed by atoms with van der Waals surface area (Å²) in [4.78, 5) is 29.8. The van der Waals surface area contributed by atoms with Crippen LogP contribution < -0.4 is 0 Å². The predicted octanol–water partition coefficient (Wildman–Crippen LogP) is 4.55. The van der Waals surface area contributed by atoms with Crippen LogP contribution in [0.1, 0.15) is 114 Å². The van der Waals surface area contributed by atoms with Crippen LogP contribution in [0.2, 0.25) is 0 Å². The first-order valence-corrected chi connectivity index (χ1v) is 25.2. The zero-order valence-corrected chi connectivity index (χ0v) is 44.2. The average Bonchev–Trinajstić information content (AvgIpc) is 3.87. The number of ether oxygens (including phenoxy) is 9. The van der Waals surface area contributed by atoms with Gasteiger partial charge >= 0.3 is 5.97 Å². The molecule has 0 spiro atoms. The largest absolute Gasteiger partial charge is 0.462 e. The lowest BCUT2D eigenvalue weighted by Gasteiger charge is -2.47. The van der Waals surface area contributed by atoms with Gasteiger partial charge in [-0.25, -0.2) is 0 Å². The minimum Gasteiger partial charge on any atom is -0.462 e. The number of rotatable bonds is 18. The van der Waals surface area contributed by atoms with Crippen molar-refractivity contribution in [2.24, 2.45) is 23.7 Å². The number of aromatic amines is 1. The second-order valence-electron chi connectivity index (χ2n) is 17.8. The van der Waals surface area contributed by atoms with Crippen molar-refractivity contribution in [2.75, 3.05) is 47.6 Å². The van der Waals surface area contributed by atoms with E-state index in [0.29, 0.717) is 43.9 Å². The molecule has 19 nitrogen and oxygen atoms in total. The maximum Gasteiger partial charge on any atom is 0.308 e. The molecule has 5 N–H and O–H groups in total. The molecular weight excluding hydrogens is 897 g/mol. The second kappa shape index (κ2) is 32.3. The fourth-order valence-electron chi connectivity index (χ4n) is 9.13. The fraction of sp³-hybridized carbons (Fsp3) is 0.840. The first-order valence-electron chi connectivity index (χ1n) is 25.2. The standard InChI is InChI=1S/C46H78N4O15.2C2H6/c1-12-35-31(24-61-46-44(58-11)43(57-10)40(55)29(8)63-46)19-25(4)15-16-33(51)26(5)20-30(21-37(59-13-2)60-14-3)42(27(6)34(52)22-36(53)64-35)65-45-41(56)38(39(54)28(7)62-45)50(9)18-17-32-23-47-49-48-32;2*1-2/h15-16,19,23,26-31,34-35,37-46,52,54-56H,12-14,17-18,20-22,24H2,1-11H3,(H,47,48,49);2*1-2H3/b16-15+,25-19+;;/t26-,27+,28?,29?,30-,31?,34-,35-,38?,39?,40?,41?,42-,43?,44?,45?,46?;;/m1../s1. The summed E-state index contributed by atoms with van der Waals surface area (Å²) < 4.78 is 54.7. The van der Waals surface area contributed by atoms with Crippen LogP contribution in [0.5, 0.6) is 0 Å². The summed E-state index contributed by atoms with van der Waals surface area (Å²) in [6.07, 6.45) is -4.48. The van der Waals surface area contributed by atoms with Crippen molar-refractivity contribution < 1.29 is 72.6 Å². The number of aliphatic hydroxyl groups is 4. The normalized spacial score (nSPS) is 36.4. The van der Waals surface area contributed by atoms with Gasteiger partial charge in [0, 0.05) is 64.6 Å². The Morgan fingerprint density at radius 2 is 1.48 bits per heavy atom. The summed E-state index contributed by atoms with van der Waals surface area (Å²) in [6.45, 7) is 23.5. The van der Waals surface area contributed by atoms with E-state index in [9.17, 15) is 30.0 Å². The van der Waals surface area contributed by atoms with Gasteiger partial charge in [0.2, 0.25) is 0 Å². The number of cyclic esters (lactones) is 1. The Labute approximate surface area is 411 Å². The van der Waals surface area contributed by atoms with Gasteiger partial charge in [0.1, 0.15) is 30.5 Å². The first kappa shape index (κ1) is 62.4. The topological polar surface area (TPSA) is 243 Å². The minimum atomic E-state index is -1.36. The van der Waals surface area contributed by atoms with Crippen molar-refractivity contribution in [3.8, 4) is 0 Å². The number of carbonyl (C=O) groups excluding carboxylic acids is 2. The van der Waals surface area contributed by atoms with E-state index in [4.69, 9.17) is 42.6 Å². The molecule has 69 heavy (non-hydrogen) atoms. The van der Waals surface area contributed by atoms with Crippen molar-refractivity contribution in [3.63, 3.8) is 0 Å². The first-order chi connectivity index (χ1) is 33.0. The molecule has 4 heterocycles. The average molecular weight is 987 g/mol. The second-order valence-corrected chi connectivity index (χ2v) is 17.8. The van der Waals surface area contributed by atoms with Gasteiger partial charge in [-0.2, -0.15) is 15.4 Å². The van der Waals surface area contributed by atoms with Crippen molar-refractivity contribution >= 4 is 11.8 Å². The number of hydrogen-bond donors (Lipinski definition) is 5. The zero-order valence-electron chi connectivity index (χ0n) is 44.2. The van der Waals surface area contributed by atoms with E-state index >= 15 is 0 Å². The number of nitrogens with zero attached hydrogens (tertiary/aromatic N) is 3. The number of carbonyl (C=O) groups is 2. The molecular formula is C50H90N4O15. The molecule has 0 saturated carbocycles. The van der Waals surface area contributed by atoms with Crippen LogP contribution in [0.3, 0.4) is 0 Å². The Hall–Kier alpha value is -2.76. The van der Waals surface area contributed by atoms with E-state index in [0.717, 1.165) is 0 Å². The number of allylic oxidation sites excluding steroid dienone is 3. The highest BCUT2D eigenvalue weighted by Crippen LogP contribution is 2.36. The molecule has 11 unspecified atom stereocenters. The van der Waals surface area contributed by atoms with Crippen LogP contribution >= 0.6 is 0 Å². The third-order valence-corrected chi connectivity index (χ3v) is 13.0. The Bertz CT molecular complexity index is 1620. The molecule has 0 aromatic carbocycles. The molecule has 3 aliphatic rings. The molecule has 2 fully saturated rings. The van der Waals surface area contributed by atoms with E-state index in [2.05, 4.69) is 15.4 Å². The lowest BCUT2D eigenvalue weighted by Crippen LogP contribution is -2.64. The summed E-state index contributed by atoms with van der Waals surface area (Å²) >= 11 is 0. The van der Waals surface area contributed by atoms with Crippen molar-refractivity contribution in [2.45, 2.75) is 201 Å². The van der Waals surface area contributed by atoms with Crippen molar-refractivity contribution in [1.82, 2.24) is 20.3 Å². The molecule has 0 bridgehead atoms. The number of ketones is 1. The van der Waals surface area contributed by atoms with Gasteiger partial charge in [-0.15, -0.1) is 0 Å². The molecule has 2 saturated heterocycles. The van der Waals surface area contributed by atoms with Crippen molar-refractivity contribution in [1.29, 1.82) is 0 Å². The maximum atomic E-state index is 14.0. The number of likely N-dealkylation sites (N-methyl/N-ethyl adjacent to an activating group) is 1. The van der Waals surface area contributed by atoms with Crippen LogP contribution in [0.25, 0.3) is 0 Å². The van der Waals surface area contributed by atoms with E-state index in [1.165, 1.54) is 20.3 Å². The summed E-state index contributed by atoms with van der Waals surface area (Å²) in [6, 6.07) is -0.818. The van der Waals surface area contributed by atoms with E-state index < -0.39 is 122 Å². The van der Waals surface area contributed by atoms with Gasteiger partial charge in [-0.05, 0) is 66.5 Å². The molecule has 0 aliphatic carbocycles. The highest BCUT2D eigenvalue weighted by molar-refractivity contribution is 5.91. The number of aromatic nitrogens is 3. The fourth-order valence-corrected chi connectivity index (χ4v) is 9.13. The van der Waals surface area contributed by atoms with Gasteiger partial charge in [0.25, 0.3) is 0 Å². The molecule has 400 valence electrons. The Kier molecular flexibility index (Phi) is 29.2. The number of aliphatic hydroxyl groups excluding tert-OH is 4. The molecule has 4 rings (SSSR count). The molecule has 19 heteroatoms. The monoisotopic (exact) mass is 987 g/mol. The smallest absolute Gasteiger partial charge is 0.308 e. The number of nitrogens with one attached hydrogen (secondary N) is 1. The molecule has 3 aliphatic heterocycles. The maximum absolute atomic E-state index is 14.0. The Morgan fingerprint density at radius 3 is 2.06 bits per heavy atom. The number of methoxy groups -OCH3 is 2. The zero-order chi connectivity index (χ0) is 52.0. The van der Waals surface area contributed by atoms with Crippen LogP contribution in [0.4, 0.5) is 0 Å². The summed E-state index contributed by atoms with van der Waals surface area (Å²) in [5.41, 5.74) is 1.43. The Balaban J connectivity index is 0.00000397. The molecule has 17 atom stereocenters. The quantitative estimate of drug-likeness (QED) is 0.100. The lowest BCUT2D eigenvalue weighted by molar-refractivity contribution is -0.307. The molecule has 0 radical (unpaired) electrons. The SMILES string of the molecule is CC.CC.CCOC(C[C@H]1C[C@@H](C)C(=O)/C=C/C(C)=C/C(COC2OC(C)C(O)C(OC)C2OC)[C@@H](CC)OC(=O)C[C@@H](O)[C@H](C)[C@H]1OC1OC(C)C(O)C(N(C)CCc2cn[nH]n2)C1O)OCC. The summed E-state index contributed by atoms with van der Waals surface area (Å²) in [5.74, 6) is -3.25. The highest BCUT2D eigenvalue weighted by atomic mass is 16.7. The van der Waals surface area contributed by atoms with Crippen LogP contribution in [-0.4, -0.2) is 186 Å². The van der Waals surface area contributed by atoms with E-state index in [1.807, 2.05) is 73.3 Å². The third-order valence-electron chi connectivity index (χ3n) is 13.0. The molecule has 1 aromatic rings. The van der Waals surface area contributed by atoms with Gasteiger partial charge in [-0.3, -0.25) is 14.5 Å². The van der Waals surface area contributed by atoms with Crippen LogP contribution in [-0.2, 0) is 58.6 Å². The van der Waals surface area contributed by atoms with Gasteiger partial charge < -0.3 is 63.1 Å². The lowest BCUT2D eigenvalue weighted by atomic mass is 9.79. The minimum absolute atomic E-state index is 0.00963. The van der Waals surface area contributed by atoms with E-state index in [1.54, 1.807) is 40.1 Å². The van der Waals surface area contributed by atoms with Gasteiger partial charge in [0.05, 0.1) is 61.5 Å². The summed E-state index contributed by atoms with van der Waals surface area (Å²) in [7, 11) is 4.74. The summed E-state index contributed by atoms with van der Waals surface area (Å²) in [5, 5.41) is 56.6. The van der Waals surface area contributed by atoms with Gasteiger partial charge in [0.15, 0.2) is 24.7 Å². The highest BCUT2D eigenvalue weighted by Gasteiger charge is 2.49. The van der Waals surface area contributed by atoms with Crippen LogP contribution in [0, 0.1) is 23.7 Å². The number of H-pyrrole nitrogens is 1. The number of esters is 1. The molecule has 1 aromatic heterocycles. The molecule has 0 amide bonds.